The predicted octanol–water partition coefficient (Wildman–Crippen LogP) is 0.307. The van der Waals surface area contributed by atoms with Crippen molar-refractivity contribution in [2.45, 2.75) is 6.42 Å². The molecule has 0 aromatic heterocycles. The molecule has 126 valence electrons. The van der Waals surface area contributed by atoms with Gasteiger partial charge in [-0.15, -0.1) is 12.4 Å². The highest BCUT2D eigenvalue weighted by molar-refractivity contribution is 6.00. The summed E-state index contributed by atoms with van der Waals surface area (Å²) in [6.07, 6.45) is 0.213. The molecule has 0 spiro atoms. The van der Waals surface area contributed by atoms with Gasteiger partial charge in [0, 0.05) is 37.8 Å². The number of nitrogens with two attached hydrogens (primary N) is 1. The molecule has 1 saturated heterocycles. The minimum atomic E-state index is -0.341. The van der Waals surface area contributed by atoms with E-state index in [1.165, 1.54) is 0 Å². The van der Waals surface area contributed by atoms with Crippen LogP contribution in [0.15, 0.2) is 18.2 Å². The maximum atomic E-state index is 12.2. The monoisotopic (exact) mass is 341 g/mol. The zero-order chi connectivity index (χ0) is 15.5. The van der Waals surface area contributed by atoms with Crippen LogP contribution in [0.1, 0.15) is 6.42 Å². The van der Waals surface area contributed by atoms with Gasteiger partial charge in [-0.25, -0.2) is 0 Å². The second-order valence-corrected chi connectivity index (χ2v) is 5.31. The highest BCUT2D eigenvalue weighted by atomic mass is 35.5. The maximum absolute atomic E-state index is 12.2. The molecule has 1 aromatic rings. The molecule has 8 heteroatoms. The fourth-order valence-electron chi connectivity index (χ4n) is 2.67. The van der Waals surface area contributed by atoms with E-state index in [4.69, 9.17) is 15.2 Å². The number of hydrogen-bond donors (Lipinski definition) is 2. The quantitative estimate of drug-likeness (QED) is 0.822. The molecule has 0 aliphatic carbocycles. The highest BCUT2D eigenvalue weighted by Crippen LogP contribution is 2.35. The predicted molar refractivity (Wildman–Crippen MR) is 87.2 cm³/mol. The fourth-order valence-corrected chi connectivity index (χ4v) is 2.67. The number of hydrogen-bond acceptors (Lipinski definition) is 5. The van der Waals surface area contributed by atoms with Crippen LogP contribution >= 0.6 is 12.4 Å². The second kappa shape index (κ2) is 7.52. The highest BCUT2D eigenvalue weighted by Gasteiger charge is 2.35. The molecule has 0 radical (unpaired) electrons. The number of carbonyl (C=O) groups excluding carboxylic acids is 2. The lowest BCUT2D eigenvalue weighted by Crippen LogP contribution is -2.35. The molecule has 2 heterocycles. The lowest BCUT2D eigenvalue weighted by atomic mass is 10.1. The number of benzene rings is 1. The average molecular weight is 342 g/mol. The Bertz CT molecular complexity index is 596. The Kier molecular flexibility index (Phi) is 5.68. The molecule has 3 rings (SSSR count). The third-order valence-corrected chi connectivity index (χ3v) is 3.78. The first-order chi connectivity index (χ1) is 10.7. The van der Waals surface area contributed by atoms with Crippen LogP contribution in [0.4, 0.5) is 5.69 Å². The van der Waals surface area contributed by atoms with Crippen LogP contribution in [-0.4, -0.2) is 44.7 Å². The molecule has 23 heavy (non-hydrogen) atoms. The van der Waals surface area contributed by atoms with E-state index in [0.29, 0.717) is 44.3 Å². The van der Waals surface area contributed by atoms with Gasteiger partial charge in [0.2, 0.25) is 11.8 Å². The van der Waals surface area contributed by atoms with Gasteiger partial charge in [0.05, 0.1) is 5.92 Å². The number of nitrogens with one attached hydrogen (secondary N) is 1. The Labute approximate surface area is 140 Å². The van der Waals surface area contributed by atoms with Crippen LogP contribution in [0.3, 0.4) is 0 Å². The van der Waals surface area contributed by atoms with Gasteiger partial charge in [0.25, 0.3) is 0 Å². The third-order valence-electron chi connectivity index (χ3n) is 3.78. The van der Waals surface area contributed by atoms with Gasteiger partial charge in [0.15, 0.2) is 11.5 Å². The summed E-state index contributed by atoms with van der Waals surface area (Å²) >= 11 is 0. The van der Waals surface area contributed by atoms with Crippen LogP contribution in [0, 0.1) is 5.92 Å². The van der Waals surface area contributed by atoms with Crippen molar-refractivity contribution >= 4 is 29.9 Å². The molecule has 0 saturated carbocycles. The summed E-state index contributed by atoms with van der Waals surface area (Å²) in [4.78, 5) is 25.8. The van der Waals surface area contributed by atoms with Crippen molar-refractivity contribution in [3.63, 3.8) is 0 Å². The summed E-state index contributed by atoms with van der Waals surface area (Å²) in [5, 5.41) is 2.73. The summed E-state index contributed by atoms with van der Waals surface area (Å²) in [7, 11) is 0. The van der Waals surface area contributed by atoms with Crippen LogP contribution in [-0.2, 0) is 9.59 Å². The number of ether oxygens (including phenoxy) is 2. The summed E-state index contributed by atoms with van der Waals surface area (Å²) < 4.78 is 11.0. The Morgan fingerprint density at radius 2 is 2.04 bits per heavy atom. The van der Waals surface area contributed by atoms with Crippen molar-refractivity contribution in [1.29, 1.82) is 0 Å². The lowest BCUT2D eigenvalue weighted by Gasteiger charge is -2.22. The Morgan fingerprint density at radius 3 is 2.78 bits per heavy atom. The van der Waals surface area contributed by atoms with Crippen molar-refractivity contribution < 1.29 is 19.1 Å². The summed E-state index contributed by atoms with van der Waals surface area (Å²) in [6, 6.07) is 5.39. The number of carbonyl (C=O) groups is 2. The zero-order valence-corrected chi connectivity index (χ0v) is 13.4. The topological polar surface area (TPSA) is 93.9 Å². The number of anilines is 1. The van der Waals surface area contributed by atoms with Gasteiger partial charge in [-0.2, -0.15) is 0 Å². The van der Waals surface area contributed by atoms with E-state index in [1.807, 2.05) is 6.07 Å². The molecule has 1 unspecified atom stereocenters. The maximum Gasteiger partial charge on any atom is 0.227 e. The van der Waals surface area contributed by atoms with E-state index >= 15 is 0 Å². The van der Waals surface area contributed by atoms with Gasteiger partial charge >= 0.3 is 0 Å². The number of fused-ring (bicyclic) bond motifs is 1. The molecule has 2 aliphatic rings. The summed E-state index contributed by atoms with van der Waals surface area (Å²) in [5.41, 5.74) is 6.09. The van der Waals surface area contributed by atoms with E-state index < -0.39 is 0 Å². The number of amides is 2. The third kappa shape index (κ3) is 3.68. The van der Waals surface area contributed by atoms with Crippen molar-refractivity contribution in [2.75, 3.05) is 37.7 Å². The van der Waals surface area contributed by atoms with Crippen molar-refractivity contribution in [2.24, 2.45) is 11.7 Å². The van der Waals surface area contributed by atoms with Crippen LogP contribution in [0.5, 0.6) is 11.5 Å². The van der Waals surface area contributed by atoms with Gasteiger partial charge < -0.3 is 25.4 Å². The Morgan fingerprint density at radius 1 is 1.30 bits per heavy atom. The first-order valence-corrected chi connectivity index (χ1v) is 7.37. The van der Waals surface area contributed by atoms with Crippen LogP contribution in [0.25, 0.3) is 0 Å². The number of nitrogens with zero attached hydrogens (tertiary/aromatic N) is 1. The van der Waals surface area contributed by atoms with E-state index in [2.05, 4.69) is 5.32 Å². The summed E-state index contributed by atoms with van der Waals surface area (Å²) in [5.74, 6) is 0.780. The molecule has 2 amide bonds. The largest absolute Gasteiger partial charge is 0.486 e. The first-order valence-electron chi connectivity index (χ1n) is 7.37. The van der Waals surface area contributed by atoms with Crippen LogP contribution < -0.4 is 25.4 Å². The minimum absolute atomic E-state index is 0. The smallest absolute Gasteiger partial charge is 0.227 e. The van der Waals surface area contributed by atoms with Gasteiger partial charge in [-0.3, -0.25) is 9.59 Å². The lowest BCUT2D eigenvalue weighted by molar-refractivity contribution is -0.126. The standard InChI is InChI=1S/C15H19N3O4.ClH/c16-3-4-17-15(20)10-7-14(19)18(9-10)11-1-2-12-13(8-11)22-6-5-21-12;/h1-2,8,10H,3-7,9,16H2,(H,17,20);1H. The van der Waals surface area contributed by atoms with Crippen LogP contribution in [0.2, 0.25) is 0 Å². The molecular weight excluding hydrogens is 322 g/mol. The van der Waals surface area contributed by atoms with Crippen molar-refractivity contribution in [1.82, 2.24) is 5.32 Å². The first kappa shape index (κ1) is 17.4. The molecule has 7 nitrogen and oxygen atoms in total. The van der Waals surface area contributed by atoms with E-state index in [9.17, 15) is 9.59 Å². The molecule has 1 fully saturated rings. The van der Waals surface area contributed by atoms with E-state index in [-0.39, 0.29) is 36.6 Å². The molecule has 1 atom stereocenters. The minimum Gasteiger partial charge on any atom is -0.486 e. The van der Waals surface area contributed by atoms with E-state index in [0.717, 1.165) is 5.69 Å². The normalized spacial score (nSPS) is 19.3. The SMILES string of the molecule is Cl.NCCNC(=O)C1CC(=O)N(c2ccc3c(c2)OCCO3)C1. The van der Waals surface area contributed by atoms with Gasteiger partial charge in [-0.05, 0) is 12.1 Å². The molecule has 0 bridgehead atoms. The Hall–Kier alpha value is -1.99. The molecule has 3 N–H and O–H groups in total. The number of rotatable bonds is 4. The van der Waals surface area contributed by atoms with E-state index in [1.54, 1.807) is 17.0 Å². The summed E-state index contributed by atoms with van der Waals surface area (Å²) in [6.45, 7) is 2.20. The molecule has 1 aromatic carbocycles. The van der Waals surface area contributed by atoms with Crippen molar-refractivity contribution in [3.8, 4) is 11.5 Å². The van der Waals surface area contributed by atoms with Crippen molar-refractivity contribution in [3.05, 3.63) is 18.2 Å². The molecule has 2 aliphatic heterocycles. The van der Waals surface area contributed by atoms with Gasteiger partial charge in [-0.1, -0.05) is 0 Å². The second-order valence-electron chi connectivity index (χ2n) is 5.31. The zero-order valence-electron chi connectivity index (χ0n) is 12.6. The van der Waals surface area contributed by atoms with Gasteiger partial charge in [0.1, 0.15) is 13.2 Å². The average Bonchev–Trinajstić information content (AvgIpc) is 2.94. The Balaban J connectivity index is 0.00000192. The molecular formula is C15H20ClN3O4. The fraction of sp³-hybridized carbons (Fsp3) is 0.467. The number of halogens is 1.